The van der Waals surface area contributed by atoms with Crippen LogP contribution in [0.3, 0.4) is 0 Å². The second-order valence-corrected chi connectivity index (χ2v) is 3.45. The molecule has 0 aromatic rings. The highest BCUT2D eigenvalue weighted by Gasteiger charge is 2.21. The van der Waals surface area contributed by atoms with Gasteiger partial charge in [0.1, 0.15) is 0 Å². The monoisotopic (exact) mass is 188 g/mol. The minimum Gasteiger partial charge on any atom is -0.393 e. The zero-order valence-corrected chi connectivity index (χ0v) is 8.65. The van der Waals surface area contributed by atoms with Crippen molar-refractivity contribution in [1.82, 2.24) is 4.90 Å². The Kier molecular flexibility index (Phi) is 4.81. The SMILES string of the molecule is CCCC(C(=O)N(C)C)C(N)=S. The Bertz CT molecular complexity index is 180. The number of nitrogens with two attached hydrogens (primary N) is 1. The molecule has 1 amide bonds. The van der Waals surface area contributed by atoms with Crippen molar-refractivity contribution < 1.29 is 4.79 Å². The van der Waals surface area contributed by atoms with E-state index < -0.39 is 0 Å². The summed E-state index contributed by atoms with van der Waals surface area (Å²) in [4.78, 5) is 13.3. The van der Waals surface area contributed by atoms with E-state index in [1.165, 1.54) is 4.90 Å². The third kappa shape index (κ3) is 3.17. The highest BCUT2D eigenvalue weighted by atomic mass is 32.1. The van der Waals surface area contributed by atoms with Crippen LogP contribution in [0.25, 0.3) is 0 Å². The standard InChI is InChI=1S/C8H16N2OS/c1-4-5-6(7(9)12)8(11)10(2)3/h6H,4-5H2,1-3H3,(H2,9,12). The summed E-state index contributed by atoms with van der Waals surface area (Å²) in [5.41, 5.74) is 5.45. The van der Waals surface area contributed by atoms with E-state index in [4.69, 9.17) is 18.0 Å². The maximum Gasteiger partial charge on any atom is 0.231 e. The zero-order valence-electron chi connectivity index (χ0n) is 7.83. The van der Waals surface area contributed by atoms with E-state index in [1.807, 2.05) is 6.92 Å². The average Bonchev–Trinajstić information content (AvgIpc) is 1.98. The quantitative estimate of drug-likeness (QED) is 0.663. The maximum absolute atomic E-state index is 11.4. The number of nitrogens with zero attached hydrogens (tertiary/aromatic N) is 1. The Morgan fingerprint density at radius 1 is 1.58 bits per heavy atom. The molecule has 0 saturated carbocycles. The molecule has 0 radical (unpaired) electrons. The van der Waals surface area contributed by atoms with E-state index in [0.29, 0.717) is 4.99 Å². The topological polar surface area (TPSA) is 46.3 Å². The molecule has 12 heavy (non-hydrogen) atoms. The molecule has 0 bridgehead atoms. The Hall–Kier alpha value is -0.640. The minimum atomic E-state index is -0.278. The molecular weight excluding hydrogens is 172 g/mol. The number of rotatable bonds is 4. The van der Waals surface area contributed by atoms with Crippen LogP contribution in [-0.2, 0) is 4.79 Å². The molecule has 0 heterocycles. The summed E-state index contributed by atoms with van der Waals surface area (Å²) in [6, 6.07) is 0. The van der Waals surface area contributed by atoms with Gasteiger partial charge in [-0.25, -0.2) is 0 Å². The number of hydrogen-bond donors (Lipinski definition) is 1. The van der Waals surface area contributed by atoms with Gasteiger partial charge in [0.25, 0.3) is 0 Å². The number of carbonyl (C=O) groups is 1. The molecule has 1 atom stereocenters. The molecule has 0 aromatic carbocycles. The summed E-state index contributed by atoms with van der Waals surface area (Å²) < 4.78 is 0. The highest BCUT2D eigenvalue weighted by Crippen LogP contribution is 2.09. The Morgan fingerprint density at radius 2 is 2.08 bits per heavy atom. The molecule has 0 aliphatic rings. The fourth-order valence-corrected chi connectivity index (χ4v) is 1.21. The van der Waals surface area contributed by atoms with E-state index in [0.717, 1.165) is 12.8 Å². The molecule has 0 rings (SSSR count). The first-order valence-corrected chi connectivity index (χ1v) is 4.42. The number of amides is 1. The van der Waals surface area contributed by atoms with Crippen LogP contribution in [0.15, 0.2) is 0 Å². The van der Waals surface area contributed by atoms with Gasteiger partial charge in [-0.15, -0.1) is 0 Å². The molecule has 0 aliphatic heterocycles. The van der Waals surface area contributed by atoms with E-state index in [2.05, 4.69) is 0 Å². The third-order valence-corrected chi connectivity index (χ3v) is 1.94. The van der Waals surface area contributed by atoms with Crippen molar-refractivity contribution in [2.45, 2.75) is 19.8 Å². The second-order valence-electron chi connectivity index (χ2n) is 2.98. The summed E-state index contributed by atoms with van der Waals surface area (Å²) in [5, 5.41) is 0. The molecule has 2 N–H and O–H groups in total. The van der Waals surface area contributed by atoms with Gasteiger partial charge in [0, 0.05) is 14.1 Å². The predicted octanol–water partition coefficient (Wildman–Crippen LogP) is 0.777. The van der Waals surface area contributed by atoms with Crippen LogP contribution >= 0.6 is 12.2 Å². The van der Waals surface area contributed by atoms with Gasteiger partial charge < -0.3 is 10.6 Å². The lowest BCUT2D eigenvalue weighted by Gasteiger charge is -2.18. The van der Waals surface area contributed by atoms with Crippen molar-refractivity contribution in [3.8, 4) is 0 Å². The number of carbonyl (C=O) groups excluding carboxylic acids is 1. The van der Waals surface area contributed by atoms with Crippen LogP contribution in [0.5, 0.6) is 0 Å². The lowest BCUT2D eigenvalue weighted by atomic mass is 10.0. The molecule has 1 unspecified atom stereocenters. The van der Waals surface area contributed by atoms with Crippen molar-refractivity contribution in [2.24, 2.45) is 11.7 Å². The summed E-state index contributed by atoms with van der Waals surface area (Å²) in [5.74, 6) is -0.274. The predicted molar refractivity (Wildman–Crippen MR) is 53.9 cm³/mol. The van der Waals surface area contributed by atoms with Crippen LogP contribution in [0.1, 0.15) is 19.8 Å². The van der Waals surface area contributed by atoms with Gasteiger partial charge in [0.05, 0.1) is 10.9 Å². The maximum atomic E-state index is 11.4. The summed E-state index contributed by atoms with van der Waals surface area (Å²) >= 11 is 4.81. The molecule has 0 aromatic heterocycles. The molecule has 70 valence electrons. The van der Waals surface area contributed by atoms with Crippen LogP contribution in [0.4, 0.5) is 0 Å². The van der Waals surface area contributed by atoms with Crippen molar-refractivity contribution >= 4 is 23.1 Å². The molecule has 0 spiro atoms. The Balaban J connectivity index is 4.30. The second kappa shape index (κ2) is 5.09. The van der Waals surface area contributed by atoms with Crippen molar-refractivity contribution in [2.75, 3.05) is 14.1 Å². The fourth-order valence-electron chi connectivity index (χ4n) is 0.988. The van der Waals surface area contributed by atoms with Gasteiger partial charge in [-0.1, -0.05) is 25.6 Å². The molecule has 0 aliphatic carbocycles. The first kappa shape index (κ1) is 11.4. The lowest BCUT2D eigenvalue weighted by Crippen LogP contribution is -2.37. The zero-order chi connectivity index (χ0) is 9.72. The summed E-state index contributed by atoms with van der Waals surface area (Å²) in [6.45, 7) is 2.01. The van der Waals surface area contributed by atoms with Crippen LogP contribution in [0.2, 0.25) is 0 Å². The van der Waals surface area contributed by atoms with Crippen LogP contribution in [-0.4, -0.2) is 29.9 Å². The Morgan fingerprint density at radius 3 is 2.33 bits per heavy atom. The van der Waals surface area contributed by atoms with E-state index in [1.54, 1.807) is 14.1 Å². The fraction of sp³-hybridized carbons (Fsp3) is 0.750. The molecular formula is C8H16N2OS. The van der Waals surface area contributed by atoms with Crippen molar-refractivity contribution in [3.63, 3.8) is 0 Å². The largest absolute Gasteiger partial charge is 0.393 e. The molecule has 0 saturated heterocycles. The van der Waals surface area contributed by atoms with Crippen molar-refractivity contribution in [1.29, 1.82) is 0 Å². The molecule has 0 fully saturated rings. The number of thiocarbonyl (C=S) groups is 1. The number of hydrogen-bond acceptors (Lipinski definition) is 2. The lowest BCUT2D eigenvalue weighted by molar-refractivity contribution is -0.130. The molecule has 3 nitrogen and oxygen atoms in total. The highest BCUT2D eigenvalue weighted by molar-refractivity contribution is 7.80. The normalized spacial score (nSPS) is 12.2. The molecule has 4 heteroatoms. The first-order valence-electron chi connectivity index (χ1n) is 4.01. The van der Waals surface area contributed by atoms with Gasteiger partial charge in [0.15, 0.2) is 0 Å². The van der Waals surface area contributed by atoms with Gasteiger partial charge >= 0.3 is 0 Å². The van der Waals surface area contributed by atoms with E-state index in [-0.39, 0.29) is 11.8 Å². The van der Waals surface area contributed by atoms with Gasteiger partial charge in [-0.3, -0.25) is 4.79 Å². The first-order chi connectivity index (χ1) is 5.50. The van der Waals surface area contributed by atoms with Gasteiger partial charge in [-0.05, 0) is 6.42 Å². The summed E-state index contributed by atoms with van der Waals surface area (Å²) in [7, 11) is 3.42. The van der Waals surface area contributed by atoms with Gasteiger partial charge in [0.2, 0.25) is 5.91 Å². The smallest absolute Gasteiger partial charge is 0.231 e. The summed E-state index contributed by atoms with van der Waals surface area (Å²) in [6.07, 6.45) is 1.66. The Labute approximate surface area is 78.9 Å². The van der Waals surface area contributed by atoms with Crippen LogP contribution in [0, 0.1) is 5.92 Å². The van der Waals surface area contributed by atoms with E-state index in [9.17, 15) is 4.79 Å². The van der Waals surface area contributed by atoms with Gasteiger partial charge in [-0.2, -0.15) is 0 Å². The van der Waals surface area contributed by atoms with Crippen LogP contribution < -0.4 is 5.73 Å². The third-order valence-electron chi connectivity index (χ3n) is 1.66. The van der Waals surface area contributed by atoms with E-state index >= 15 is 0 Å². The average molecular weight is 188 g/mol. The van der Waals surface area contributed by atoms with Crippen molar-refractivity contribution in [3.05, 3.63) is 0 Å². The minimum absolute atomic E-state index is 0.00403.